The zero-order valence-corrected chi connectivity index (χ0v) is 12.2. The number of amides is 1. The van der Waals surface area contributed by atoms with E-state index in [0.717, 1.165) is 25.7 Å². The van der Waals surface area contributed by atoms with Gasteiger partial charge in [0.05, 0.1) is 12.5 Å². The first-order valence-corrected chi connectivity index (χ1v) is 7.02. The topological polar surface area (TPSA) is 64.6 Å². The molecule has 0 bridgehead atoms. The second-order valence-electron chi connectivity index (χ2n) is 5.93. The third-order valence-corrected chi connectivity index (χ3v) is 2.95. The summed E-state index contributed by atoms with van der Waals surface area (Å²) in [5.41, 5.74) is -0.511. The standard InChI is InChI=1S/C14H25NO4/c1-14(2,3)19-13(17)15-9-10-18-12(16)11-7-5-4-6-8-11/h11H,4-10H2,1-3H3,(H,15,17). The van der Waals surface area contributed by atoms with Crippen molar-refractivity contribution in [2.45, 2.75) is 58.5 Å². The van der Waals surface area contributed by atoms with Crippen LogP contribution in [0.4, 0.5) is 4.79 Å². The Morgan fingerprint density at radius 3 is 2.37 bits per heavy atom. The lowest BCUT2D eigenvalue weighted by molar-refractivity contribution is -0.149. The number of esters is 1. The highest BCUT2D eigenvalue weighted by atomic mass is 16.6. The Morgan fingerprint density at radius 1 is 1.16 bits per heavy atom. The van der Waals surface area contributed by atoms with Crippen LogP contribution in [0.3, 0.4) is 0 Å². The van der Waals surface area contributed by atoms with Crippen molar-refractivity contribution in [2.75, 3.05) is 13.2 Å². The van der Waals surface area contributed by atoms with Crippen molar-refractivity contribution in [1.82, 2.24) is 5.32 Å². The molecule has 1 aliphatic rings. The molecule has 1 N–H and O–H groups in total. The minimum atomic E-state index is -0.511. The van der Waals surface area contributed by atoms with Gasteiger partial charge < -0.3 is 14.8 Å². The highest BCUT2D eigenvalue weighted by Crippen LogP contribution is 2.24. The molecule has 0 spiro atoms. The van der Waals surface area contributed by atoms with E-state index in [1.165, 1.54) is 6.42 Å². The summed E-state index contributed by atoms with van der Waals surface area (Å²) in [6, 6.07) is 0. The number of alkyl carbamates (subject to hydrolysis) is 1. The lowest BCUT2D eigenvalue weighted by Gasteiger charge is -2.21. The van der Waals surface area contributed by atoms with E-state index in [4.69, 9.17) is 9.47 Å². The van der Waals surface area contributed by atoms with Crippen LogP contribution in [0.1, 0.15) is 52.9 Å². The zero-order chi connectivity index (χ0) is 14.3. The molecular weight excluding hydrogens is 246 g/mol. The van der Waals surface area contributed by atoms with Crippen molar-refractivity contribution in [1.29, 1.82) is 0 Å². The Labute approximate surface area is 115 Å². The number of ether oxygens (including phenoxy) is 2. The predicted molar refractivity (Wildman–Crippen MR) is 71.8 cm³/mol. The highest BCUT2D eigenvalue weighted by Gasteiger charge is 2.22. The second kappa shape index (κ2) is 7.36. The maximum atomic E-state index is 11.7. The van der Waals surface area contributed by atoms with Crippen molar-refractivity contribution in [3.8, 4) is 0 Å². The summed E-state index contributed by atoms with van der Waals surface area (Å²) in [6.07, 6.45) is 4.80. The van der Waals surface area contributed by atoms with E-state index in [1.807, 2.05) is 0 Å². The monoisotopic (exact) mass is 271 g/mol. The van der Waals surface area contributed by atoms with Gasteiger partial charge in [-0.05, 0) is 33.6 Å². The summed E-state index contributed by atoms with van der Waals surface area (Å²) < 4.78 is 10.2. The van der Waals surface area contributed by atoms with Crippen LogP contribution in [-0.4, -0.2) is 30.8 Å². The van der Waals surface area contributed by atoms with E-state index in [2.05, 4.69) is 5.32 Å². The van der Waals surface area contributed by atoms with E-state index in [0.29, 0.717) is 0 Å². The molecule has 19 heavy (non-hydrogen) atoms. The molecule has 110 valence electrons. The van der Waals surface area contributed by atoms with Crippen LogP contribution in [0, 0.1) is 5.92 Å². The van der Waals surface area contributed by atoms with Crippen LogP contribution >= 0.6 is 0 Å². The molecule has 0 aliphatic heterocycles. The summed E-state index contributed by atoms with van der Waals surface area (Å²) in [5, 5.41) is 2.56. The molecule has 1 fully saturated rings. The van der Waals surface area contributed by atoms with Gasteiger partial charge in [0.2, 0.25) is 0 Å². The van der Waals surface area contributed by atoms with Gasteiger partial charge in [-0.3, -0.25) is 4.79 Å². The van der Waals surface area contributed by atoms with Crippen LogP contribution < -0.4 is 5.32 Å². The molecule has 0 atom stereocenters. The Bertz CT molecular complexity index is 303. The molecule has 5 nitrogen and oxygen atoms in total. The van der Waals surface area contributed by atoms with Gasteiger partial charge in [-0.15, -0.1) is 0 Å². The maximum Gasteiger partial charge on any atom is 0.407 e. The Morgan fingerprint density at radius 2 is 1.79 bits per heavy atom. The van der Waals surface area contributed by atoms with Crippen LogP contribution in [0.5, 0.6) is 0 Å². The average Bonchev–Trinajstić information content (AvgIpc) is 2.33. The number of rotatable bonds is 4. The molecule has 0 aromatic heterocycles. The fraction of sp³-hybridized carbons (Fsp3) is 0.857. The fourth-order valence-electron chi connectivity index (χ4n) is 2.08. The third-order valence-electron chi connectivity index (χ3n) is 2.95. The molecule has 0 aromatic carbocycles. The molecule has 5 heteroatoms. The molecule has 0 saturated heterocycles. The van der Waals surface area contributed by atoms with E-state index in [-0.39, 0.29) is 25.0 Å². The molecule has 0 heterocycles. The van der Waals surface area contributed by atoms with Crippen molar-refractivity contribution in [2.24, 2.45) is 5.92 Å². The smallest absolute Gasteiger partial charge is 0.407 e. The molecular formula is C14H25NO4. The van der Waals surface area contributed by atoms with Gasteiger partial charge in [0, 0.05) is 0 Å². The Kier molecular flexibility index (Phi) is 6.12. The Balaban J connectivity index is 2.10. The number of nitrogens with one attached hydrogen (secondary N) is 1. The molecule has 1 rings (SSSR count). The number of carbonyl (C=O) groups excluding carboxylic acids is 2. The molecule has 0 unspecified atom stereocenters. The van der Waals surface area contributed by atoms with Crippen molar-refractivity contribution in [3.05, 3.63) is 0 Å². The number of hydrogen-bond donors (Lipinski definition) is 1. The molecule has 1 amide bonds. The maximum absolute atomic E-state index is 11.7. The van der Waals surface area contributed by atoms with Crippen molar-refractivity contribution >= 4 is 12.1 Å². The minimum absolute atomic E-state index is 0.0512. The first kappa shape index (κ1) is 15.8. The minimum Gasteiger partial charge on any atom is -0.464 e. The average molecular weight is 271 g/mol. The van der Waals surface area contributed by atoms with E-state index in [1.54, 1.807) is 20.8 Å². The quantitative estimate of drug-likeness (QED) is 0.630. The Hall–Kier alpha value is -1.26. The van der Waals surface area contributed by atoms with Gasteiger partial charge >= 0.3 is 12.1 Å². The molecule has 1 saturated carbocycles. The zero-order valence-electron chi connectivity index (χ0n) is 12.2. The first-order valence-electron chi connectivity index (χ1n) is 7.02. The SMILES string of the molecule is CC(C)(C)OC(=O)NCCOC(=O)C1CCCCC1. The molecule has 0 aromatic rings. The van der Waals surface area contributed by atoms with Gasteiger partial charge in [0.25, 0.3) is 0 Å². The normalized spacial score (nSPS) is 16.8. The van der Waals surface area contributed by atoms with Crippen molar-refractivity contribution in [3.63, 3.8) is 0 Å². The van der Waals surface area contributed by atoms with Crippen LogP contribution in [0.25, 0.3) is 0 Å². The van der Waals surface area contributed by atoms with E-state index < -0.39 is 11.7 Å². The van der Waals surface area contributed by atoms with Crippen LogP contribution in [0.15, 0.2) is 0 Å². The van der Waals surface area contributed by atoms with Gasteiger partial charge in [-0.25, -0.2) is 4.79 Å². The lowest BCUT2D eigenvalue weighted by atomic mass is 9.89. The molecule has 1 aliphatic carbocycles. The molecule has 0 radical (unpaired) electrons. The van der Waals surface area contributed by atoms with Crippen molar-refractivity contribution < 1.29 is 19.1 Å². The number of carbonyl (C=O) groups is 2. The highest BCUT2D eigenvalue weighted by molar-refractivity contribution is 5.72. The summed E-state index contributed by atoms with van der Waals surface area (Å²) in [7, 11) is 0. The van der Waals surface area contributed by atoms with Gasteiger partial charge in [-0.2, -0.15) is 0 Å². The first-order chi connectivity index (χ1) is 8.88. The third kappa shape index (κ3) is 7.03. The van der Waals surface area contributed by atoms with E-state index in [9.17, 15) is 9.59 Å². The lowest BCUT2D eigenvalue weighted by Crippen LogP contribution is -2.35. The summed E-state index contributed by atoms with van der Waals surface area (Å²) in [5.74, 6) is -0.0824. The van der Waals surface area contributed by atoms with Crippen LogP contribution in [0.2, 0.25) is 0 Å². The summed E-state index contributed by atoms with van der Waals surface area (Å²) >= 11 is 0. The van der Waals surface area contributed by atoms with Gasteiger partial charge in [0.15, 0.2) is 0 Å². The number of hydrogen-bond acceptors (Lipinski definition) is 4. The fourth-order valence-corrected chi connectivity index (χ4v) is 2.08. The predicted octanol–water partition coefficient (Wildman–Crippen LogP) is 2.63. The van der Waals surface area contributed by atoms with Gasteiger partial charge in [0.1, 0.15) is 12.2 Å². The summed E-state index contributed by atoms with van der Waals surface area (Å²) in [6.45, 7) is 5.89. The summed E-state index contributed by atoms with van der Waals surface area (Å²) in [4.78, 5) is 23.0. The van der Waals surface area contributed by atoms with Gasteiger partial charge in [-0.1, -0.05) is 19.3 Å². The van der Waals surface area contributed by atoms with Crippen LogP contribution in [-0.2, 0) is 14.3 Å². The second-order valence-corrected chi connectivity index (χ2v) is 5.93. The largest absolute Gasteiger partial charge is 0.464 e. The van der Waals surface area contributed by atoms with E-state index >= 15 is 0 Å².